The highest BCUT2D eigenvalue weighted by Crippen LogP contribution is 2.73. The maximum absolute atomic E-state index is 12.0. The minimum absolute atomic E-state index is 0.0592. The molecule has 4 saturated carbocycles. The Morgan fingerprint density at radius 3 is 1.72 bits per heavy atom. The summed E-state index contributed by atoms with van der Waals surface area (Å²) in [5.41, 5.74) is -4.86. The van der Waals surface area contributed by atoms with Crippen molar-refractivity contribution in [3.05, 3.63) is 10.1 Å². The van der Waals surface area contributed by atoms with Crippen LogP contribution >= 0.6 is 0 Å². The lowest BCUT2D eigenvalue weighted by Crippen LogP contribution is -2.67. The van der Waals surface area contributed by atoms with Gasteiger partial charge in [0.15, 0.2) is 0 Å². The van der Waals surface area contributed by atoms with E-state index in [0.29, 0.717) is 0 Å². The lowest BCUT2D eigenvalue weighted by atomic mass is 9.37. The predicted octanol–water partition coefficient (Wildman–Crippen LogP) is 1.31. The molecule has 0 aliphatic heterocycles. The summed E-state index contributed by atoms with van der Waals surface area (Å²) in [6.07, 6.45) is -0.307. The fourth-order valence-corrected chi connectivity index (χ4v) is 6.46. The largest absolute Gasteiger partial charge is 0.481 e. The number of nitrogens with zero attached hydrogens (tertiary/aromatic N) is 1. The molecule has 10 nitrogen and oxygen atoms in total. The van der Waals surface area contributed by atoms with Gasteiger partial charge in [-0.15, -0.1) is 10.1 Å². The minimum Gasteiger partial charge on any atom is -0.481 e. The third kappa shape index (κ3) is 2.79. The molecule has 0 heterocycles. The van der Waals surface area contributed by atoms with Gasteiger partial charge in [-0.25, -0.2) is 0 Å². The Morgan fingerprint density at radius 2 is 1.36 bits per heavy atom. The highest BCUT2D eigenvalue weighted by atomic mass is 17.0. The Kier molecular flexibility index (Phi) is 3.53. The van der Waals surface area contributed by atoms with Crippen LogP contribution < -0.4 is 0 Å². The van der Waals surface area contributed by atoms with Crippen LogP contribution in [0.5, 0.6) is 0 Å². The van der Waals surface area contributed by atoms with Crippen molar-refractivity contribution in [3.63, 3.8) is 0 Å². The molecular formula is C15H19NO9. The fourth-order valence-electron chi connectivity index (χ4n) is 6.46. The van der Waals surface area contributed by atoms with Crippen LogP contribution in [0.15, 0.2) is 0 Å². The average molecular weight is 357 g/mol. The molecule has 0 amide bonds. The van der Waals surface area contributed by atoms with Gasteiger partial charge in [-0.3, -0.25) is 14.4 Å². The average Bonchev–Trinajstić information content (AvgIpc) is 2.30. The molecule has 0 spiro atoms. The van der Waals surface area contributed by atoms with Crippen molar-refractivity contribution in [2.24, 2.45) is 16.2 Å². The van der Waals surface area contributed by atoms with E-state index in [-0.39, 0.29) is 51.4 Å². The van der Waals surface area contributed by atoms with Gasteiger partial charge in [0.25, 0.3) is 5.09 Å². The van der Waals surface area contributed by atoms with E-state index in [1.165, 1.54) is 0 Å². The molecule has 4 rings (SSSR count). The Labute approximate surface area is 141 Å². The number of carboxylic acid groups (broad SMARTS) is 3. The second kappa shape index (κ2) is 5.06. The van der Waals surface area contributed by atoms with Crippen molar-refractivity contribution in [1.29, 1.82) is 0 Å². The number of hydrogen-bond acceptors (Lipinski definition) is 6. The quantitative estimate of drug-likeness (QED) is 0.450. The molecule has 4 fully saturated rings. The molecule has 2 atom stereocenters. The van der Waals surface area contributed by atoms with Crippen LogP contribution in [0, 0.1) is 26.4 Å². The van der Waals surface area contributed by atoms with Crippen LogP contribution in [0.4, 0.5) is 0 Å². The van der Waals surface area contributed by atoms with E-state index in [4.69, 9.17) is 4.84 Å². The summed E-state index contributed by atoms with van der Waals surface area (Å²) >= 11 is 0. The fraction of sp³-hybridized carbons (Fsp3) is 0.800. The molecule has 10 heteroatoms. The van der Waals surface area contributed by atoms with Gasteiger partial charge in [0.1, 0.15) is 5.60 Å². The van der Waals surface area contributed by atoms with Crippen molar-refractivity contribution in [2.45, 2.75) is 57.0 Å². The first-order valence-corrected chi connectivity index (χ1v) is 7.94. The molecule has 4 bridgehead atoms. The first kappa shape index (κ1) is 17.4. The second-order valence-corrected chi connectivity index (χ2v) is 8.29. The molecule has 4 aliphatic rings. The molecular weight excluding hydrogens is 338 g/mol. The predicted molar refractivity (Wildman–Crippen MR) is 78.0 cm³/mol. The van der Waals surface area contributed by atoms with E-state index in [0.717, 1.165) is 0 Å². The standard InChI is InChI=1S/C15H19NO9/c17-9(18)1-12-3-13(2-10(19)20)5-14(4-12,11(21)22)8-15(6-12,7-13)25-16(23)24/h1-8H2,(H,17,18)(H,19,20)(H,21,22). The van der Waals surface area contributed by atoms with Gasteiger partial charge in [-0.1, -0.05) is 0 Å². The Hall–Kier alpha value is -2.39. The van der Waals surface area contributed by atoms with Crippen LogP contribution in [-0.4, -0.2) is 43.9 Å². The van der Waals surface area contributed by atoms with Crippen molar-refractivity contribution in [3.8, 4) is 0 Å². The molecule has 0 aromatic rings. The summed E-state index contributed by atoms with van der Waals surface area (Å²) in [6, 6.07) is 0. The molecule has 138 valence electrons. The number of carboxylic acids is 3. The van der Waals surface area contributed by atoms with Crippen molar-refractivity contribution < 1.29 is 39.6 Å². The Morgan fingerprint density at radius 1 is 0.880 bits per heavy atom. The zero-order chi connectivity index (χ0) is 18.7. The molecule has 0 aromatic heterocycles. The lowest BCUT2D eigenvalue weighted by Gasteiger charge is -2.67. The van der Waals surface area contributed by atoms with Gasteiger partial charge < -0.3 is 20.2 Å². The van der Waals surface area contributed by atoms with E-state index in [1.54, 1.807) is 0 Å². The summed E-state index contributed by atoms with van der Waals surface area (Å²) in [6.45, 7) is 0. The highest BCUT2D eigenvalue weighted by Gasteiger charge is 2.72. The van der Waals surface area contributed by atoms with E-state index in [1.807, 2.05) is 0 Å². The topological polar surface area (TPSA) is 164 Å². The van der Waals surface area contributed by atoms with E-state index in [2.05, 4.69) is 0 Å². The van der Waals surface area contributed by atoms with Crippen LogP contribution in [0.1, 0.15) is 51.4 Å². The van der Waals surface area contributed by atoms with Crippen LogP contribution in [0.3, 0.4) is 0 Å². The maximum Gasteiger partial charge on any atom is 0.309 e. The number of rotatable bonds is 7. The maximum atomic E-state index is 12.0. The summed E-state index contributed by atoms with van der Waals surface area (Å²) in [7, 11) is 0. The third-order valence-corrected chi connectivity index (χ3v) is 6.01. The second-order valence-electron chi connectivity index (χ2n) is 8.29. The molecule has 25 heavy (non-hydrogen) atoms. The van der Waals surface area contributed by atoms with E-state index < -0.39 is 44.8 Å². The van der Waals surface area contributed by atoms with Gasteiger partial charge in [0, 0.05) is 0 Å². The van der Waals surface area contributed by atoms with E-state index >= 15 is 0 Å². The Balaban J connectivity index is 2.12. The first-order valence-electron chi connectivity index (χ1n) is 7.94. The van der Waals surface area contributed by atoms with Gasteiger partial charge in [-0.05, 0) is 49.4 Å². The normalized spacial score (nSPS) is 41.3. The SMILES string of the molecule is O=C(O)CC12CC3(CC(=O)O)CC(O[N+](=O)[O-])(C1)CC(C(=O)O)(C2)C3. The number of hydrogen-bond donors (Lipinski definition) is 3. The van der Waals surface area contributed by atoms with Gasteiger partial charge in [-0.2, -0.15) is 0 Å². The Bertz CT molecular complexity index is 585. The minimum atomic E-state index is -1.44. The number of aliphatic carboxylic acids is 3. The summed E-state index contributed by atoms with van der Waals surface area (Å²) in [5.74, 6) is -3.44. The number of carbonyl (C=O) groups is 3. The molecule has 0 aromatic carbocycles. The first-order chi connectivity index (χ1) is 11.4. The van der Waals surface area contributed by atoms with E-state index in [9.17, 15) is 39.8 Å². The monoisotopic (exact) mass is 357 g/mol. The molecule has 2 unspecified atom stereocenters. The zero-order valence-corrected chi connectivity index (χ0v) is 13.4. The molecule has 0 radical (unpaired) electrons. The molecule has 4 aliphatic carbocycles. The van der Waals surface area contributed by atoms with Crippen LogP contribution in [0.25, 0.3) is 0 Å². The van der Waals surface area contributed by atoms with Gasteiger partial charge >= 0.3 is 17.9 Å². The smallest absolute Gasteiger partial charge is 0.309 e. The van der Waals surface area contributed by atoms with Gasteiger partial charge in [0.2, 0.25) is 0 Å². The van der Waals surface area contributed by atoms with Crippen LogP contribution in [0.2, 0.25) is 0 Å². The highest BCUT2D eigenvalue weighted by molar-refractivity contribution is 5.77. The lowest BCUT2D eigenvalue weighted by molar-refractivity contribution is -0.786. The zero-order valence-electron chi connectivity index (χ0n) is 13.4. The molecule has 0 saturated heterocycles. The van der Waals surface area contributed by atoms with Gasteiger partial charge in [0.05, 0.1) is 18.3 Å². The summed E-state index contributed by atoms with van der Waals surface area (Å²) in [5, 5.41) is 38.4. The summed E-state index contributed by atoms with van der Waals surface area (Å²) in [4.78, 5) is 50.7. The third-order valence-electron chi connectivity index (χ3n) is 6.01. The van der Waals surface area contributed by atoms with Crippen molar-refractivity contribution in [2.75, 3.05) is 0 Å². The molecule has 3 N–H and O–H groups in total. The van der Waals surface area contributed by atoms with Crippen molar-refractivity contribution in [1.82, 2.24) is 0 Å². The van der Waals surface area contributed by atoms with Crippen LogP contribution in [-0.2, 0) is 19.2 Å². The van der Waals surface area contributed by atoms with Crippen molar-refractivity contribution >= 4 is 17.9 Å². The summed E-state index contributed by atoms with van der Waals surface area (Å²) < 4.78 is 0.